The van der Waals surface area contributed by atoms with Crippen LogP contribution in [0.3, 0.4) is 0 Å². The number of thioether (sulfide) groups is 1. The summed E-state index contributed by atoms with van der Waals surface area (Å²) in [6.07, 6.45) is -2.53. The van der Waals surface area contributed by atoms with Gasteiger partial charge in [0.05, 0.1) is 17.5 Å². The van der Waals surface area contributed by atoms with E-state index < -0.39 is 11.7 Å². The van der Waals surface area contributed by atoms with Crippen molar-refractivity contribution in [3.05, 3.63) is 71.9 Å². The minimum Gasteiger partial charge on any atom is -0.322 e. The molecule has 0 spiro atoms. The third-order valence-electron chi connectivity index (χ3n) is 3.64. The van der Waals surface area contributed by atoms with Crippen LogP contribution in [0.25, 0.3) is 11.3 Å². The second-order valence-electron chi connectivity index (χ2n) is 5.34. The molecule has 2 aromatic carbocycles. The van der Waals surface area contributed by atoms with Crippen molar-refractivity contribution in [2.45, 2.75) is 17.1 Å². The summed E-state index contributed by atoms with van der Waals surface area (Å²) in [5, 5.41) is 0.770. The molecule has 124 valence electrons. The van der Waals surface area contributed by atoms with Gasteiger partial charge in [0.2, 0.25) is 0 Å². The number of halogens is 3. The highest BCUT2D eigenvalue weighted by Gasteiger charge is 2.30. The molecule has 0 amide bonds. The first-order chi connectivity index (χ1) is 11.4. The van der Waals surface area contributed by atoms with Gasteiger partial charge < -0.3 is 4.57 Å². The van der Waals surface area contributed by atoms with E-state index in [1.807, 2.05) is 41.9 Å². The molecule has 2 nitrogen and oxygen atoms in total. The molecule has 0 bridgehead atoms. The van der Waals surface area contributed by atoms with E-state index >= 15 is 0 Å². The number of hydrogen-bond acceptors (Lipinski definition) is 2. The van der Waals surface area contributed by atoms with E-state index in [2.05, 4.69) is 4.98 Å². The van der Waals surface area contributed by atoms with E-state index in [0.717, 1.165) is 22.5 Å². The van der Waals surface area contributed by atoms with Crippen molar-refractivity contribution in [3.8, 4) is 11.3 Å². The molecule has 0 N–H and O–H groups in total. The van der Waals surface area contributed by atoms with Crippen LogP contribution in [0.2, 0.25) is 0 Å². The minimum atomic E-state index is -4.32. The van der Waals surface area contributed by atoms with Gasteiger partial charge in [-0.2, -0.15) is 13.2 Å². The van der Waals surface area contributed by atoms with Gasteiger partial charge in [-0.05, 0) is 17.2 Å². The summed E-state index contributed by atoms with van der Waals surface area (Å²) in [5.74, 6) is 0.434. The molecule has 0 fully saturated rings. The summed E-state index contributed by atoms with van der Waals surface area (Å²) in [5.41, 5.74) is 2.03. The van der Waals surface area contributed by atoms with Crippen LogP contribution in [0, 0.1) is 0 Å². The van der Waals surface area contributed by atoms with Gasteiger partial charge in [0.25, 0.3) is 0 Å². The SMILES string of the molecule is Cn1c(-c2ccccc2)cnc1SCc1cccc(C(F)(F)F)c1. The van der Waals surface area contributed by atoms with E-state index in [4.69, 9.17) is 0 Å². The molecule has 24 heavy (non-hydrogen) atoms. The van der Waals surface area contributed by atoms with E-state index in [9.17, 15) is 13.2 Å². The first-order valence-electron chi connectivity index (χ1n) is 7.31. The van der Waals surface area contributed by atoms with Crippen molar-refractivity contribution >= 4 is 11.8 Å². The molecule has 0 atom stereocenters. The lowest BCUT2D eigenvalue weighted by Gasteiger charge is -2.09. The number of aromatic nitrogens is 2. The monoisotopic (exact) mass is 348 g/mol. The fraction of sp³-hybridized carbons (Fsp3) is 0.167. The van der Waals surface area contributed by atoms with Crippen molar-refractivity contribution in [1.29, 1.82) is 0 Å². The molecule has 1 aromatic heterocycles. The van der Waals surface area contributed by atoms with E-state index in [0.29, 0.717) is 11.3 Å². The van der Waals surface area contributed by atoms with Crippen LogP contribution in [-0.2, 0) is 19.0 Å². The van der Waals surface area contributed by atoms with Gasteiger partial charge >= 0.3 is 6.18 Å². The molecule has 0 aliphatic heterocycles. The standard InChI is InChI=1S/C18H15F3N2S/c1-23-16(14-7-3-2-4-8-14)11-22-17(23)24-12-13-6-5-9-15(10-13)18(19,20)21/h2-11H,12H2,1H3. The van der Waals surface area contributed by atoms with Crippen molar-refractivity contribution in [2.24, 2.45) is 7.05 Å². The maximum Gasteiger partial charge on any atom is 0.416 e. The van der Waals surface area contributed by atoms with Crippen molar-refractivity contribution in [3.63, 3.8) is 0 Å². The normalized spacial score (nSPS) is 11.7. The fourth-order valence-electron chi connectivity index (χ4n) is 2.39. The topological polar surface area (TPSA) is 17.8 Å². The van der Waals surface area contributed by atoms with Gasteiger partial charge in [0.1, 0.15) is 0 Å². The molecule has 6 heteroatoms. The lowest BCUT2D eigenvalue weighted by Crippen LogP contribution is -2.05. The van der Waals surface area contributed by atoms with Crippen LogP contribution in [0.4, 0.5) is 13.2 Å². The Bertz CT molecular complexity index is 826. The summed E-state index contributed by atoms with van der Waals surface area (Å²) in [6.45, 7) is 0. The second kappa shape index (κ2) is 6.73. The van der Waals surface area contributed by atoms with E-state index in [1.165, 1.54) is 23.9 Å². The molecule has 0 unspecified atom stereocenters. The quantitative estimate of drug-likeness (QED) is 0.588. The summed E-state index contributed by atoms with van der Waals surface area (Å²) in [6, 6.07) is 15.3. The van der Waals surface area contributed by atoms with E-state index in [1.54, 1.807) is 12.3 Å². The molecule has 1 heterocycles. The molecule has 0 aliphatic rings. The predicted molar refractivity (Wildman–Crippen MR) is 89.6 cm³/mol. The summed E-state index contributed by atoms with van der Waals surface area (Å²) in [4.78, 5) is 4.38. The summed E-state index contributed by atoms with van der Waals surface area (Å²) in [7, 11) is 1.91. The highest BCUT2D eigenvalue weighted by Crippen LogP contribution is 2.31. The predicted octanol–water partition coefficient (Wildman–Crippen LogP) is 5.40. The molecule has 3 aromatic rings. The number of benzene rings is 2. The molecule has 0 radical (unpaired) electrons. The van der Waals surface area contributed by atoms with Crippen LogP contribution < -0.4 is 0 Å². The van der Waals surface area contributed by atoms with Crippen LogP contribution in [0.1, 0.15) is 11.1 Å². The zero-order chi connectivity index (χ0) is 17.2. The zero-order valence-corrected chi connectivity index (χ0v) is 13.7. The number of alkyl halides is 3. The lowest BCUT2D eigenvalue weighted by molar-refractivity contribution is -0.137. The number of rotatable bonds is 4. The van der Waals surface area contributed by atoms with E-state index in [-0.39, 0.29) is 0 Å². The van der Waals surface area contributed by atoms with Gasteiger partial charge in [-0.25, -0.2) is 4.98 Å². The zero-order valence-electron chi connectivity index (χ0n) is 12.9. The largest absolute Gasteiger partial charge is 0.416 e. The Morgan fingerprint density at radius 2 is 1.79 bits per heavy atom. The van der Waals surface area contributed by atoms with Crippen LogP contribution >= 0.6 is 11.8 Å². The summed E-state index contributed by atoms with van der Waals surface area (Å²) < 4.78 is 40.2. The minimum absolute atomic E-state index is 0.434. The van der Waals surface area contributed by atoms with Crippen molar-refractivity contribution < 1.29 is 13.2 Å². The van der Waals surface area contributed by atoms with Gasteiger partial charge in [0, 0.05) is 12.8 Å². The van der Waals surface area contributed by atoms with Crippen molar-refractivity contribution in [2.75, 3.05) is 0 Å². The number of imidazole rings is 1. The van der Waals surface area contributed by atoms with Crippen LogP contribution in [-0.4, -0.2) is 9.55 Å². The highest BCUT2D eigenvalue weighted by atomic mass is 32.2. The van der Waals surface area contributed by atoms with Gasteiger partial charge in [-0.3, -0.25) is 0 Å². The maximum absolute atomic E-state index is 12.8. The average molecular weight is 348 g/mol. The Labute approximate surface area is 142 Å². The average Bonchev–Trinajstić information content (AvgIpc) is 2.94. The van der Waals surface area contributed by atoms with Crippen LogP contribution in [0.5, 0.6) is 0 Å². The molecule has 0 saturated carbocycles. The molecule has 0 aliphatic carbocycles. The molecular formula is C18H15F3N2S. The Morgan fingerprint density at radius 1 is 1.04 bits per heavy atom. The maximum atomic E-state index is 12.8. The summed E-state index contributed by atoms with van der Waals surface area (Å²) >= 11 is 1.42. The first kappa shape index (κ1) is 16.6. The Balaban J connectivity index is 1.75. The highest BCUT2D eigenvalue weighted by molar-refractivity contribution is 7.98. The molecule has 3 rings (SSSR count). The smallest absolute Gasteiger partial charge is 0.322 e. The first-order valence-corrected chi connectivity index (χ1v) is 8.30. The third kappa shape index (κ3) is 3.64. The number of nitrogens with zero attached hydrogens (tertiary/aromatic N) is 2. The second-order valence-corrected chi connectivity index (χ2v) is 6.28. The van der Waals surface area contributed by atoms with Gasteiger partial charge in [0.15, 0.2) is 5.16 Å². The Kier molecular flexibility index (Phi) is 4.66. The number of hydrogen-bond donors (Lipinski definition) is 0. The Hall–Kier alpha value is -2.21. The van der Waals surface area contributed by atoms with Crippen molar-refractivity contribution in [1.82, 2.24) is 9.55 Å². The Morgan fingerprint density at radius 3 is 2.50 bits per heavy atom. The van der Waals surface area contributed by atoms with Gasteiger partial charge in [-0.15, -0.1) is 0 Å². The molecule has 0 saturated heterocycles. The third-order valence-corrected chi connectivity index (χ3v) is 4.75. The van der Waals surface area contributed by atoms with Gasteiger partial charge in [-0.1, -0.05) is 60.3 Å². The fourth-order valence-corrected chi connectivity index (χ4v) is 3.28. The van der Waals surface area contributed by atoms with Crippen LogP contribution in [0.15, 0.2) is 66.0 Å². The molecular weight excluding hydrogens is 333 g/mol. The lowest BCUT2D eigenvalue weighted by atomic mass is 10.1.